The predicted octanol–water partition coefficient (Wildman–Crippen LogP) is -0.109. The molecule has 0 saturated carbocycles. The van der Waals surface area contributed by atoms with Gasteiger partial charge in [-0.25, -0.2) is 4.79 Å². The van der Waals surface area contributed by atoms with E-state index in [1.807, 2.05) is 20.8 Å². The number of ketones is 1. The van der Waals surface area contributed by atoms with E-state index in [4.69, 9.17) is 9.47 Å². The number of methoxy groups -OCH3 is 2. The highest BCUT2D eigenvalue weighted by molar-refractivity contribution is 6.24. The zero-order chi connectivity index (χ0) is 17.6. The van der Waals surface area contributed by atoms with Crippen LogP contribution < -0.4 is 0 Å². The van der Waals surface area contributed by atoms with Gasteiger partial charge in [0.05, 0.1) is 27.2 Å². The van der Waals surface area contributed by atoms with Crippen molar-refractivity contribution in [3.8, 4) is 0 Å². The number of fused-ring (bicyclic) bond motifs is 1. The second-order valence-corrected chi connectivity index (χ2v) is 6.79. The van der Waals surface area contributed by atoms with Crippen LogP contribution in [-0.4, -0.2) is 61.1 Å². The highest BCUT2D eigenvalue weighted by Crippen LogP contribution is 2.45. The van der Waals surface area contributed by atoms with Crippen LogP contribution >= 0.6 is 0 Å². The Bertz CT molecular complexity index is 565. The Labute approximate surface area is 134 Å². The third kappa shape index (κ3) is 2.41. The van der Waals surface area contributed by atoms with Crippen LogP contribution in [0.2, 0.25) is 0 Å². The van der Waals surface area contributed by atoms with Gasteiger partial charge in [0.2, 0.25) is 11.4 Å². The normalized spacial score (nSPS) is 30.4. The molecule has 0 aromatic carbocycles. The van der Waals surface area contributed by atoms with Crippen molar-refractivity contribution in [1.82, 2.24) is 4.90 Å². The Kier molecular flexibility index (Phi) is 4.23. The van der Waals surface area contributed by atoms with E-state index in [2.05, 4.69) is 4.74 Å². The Hall–Kier alpha value is -1.96. The minimum absolute atomic E-state index is 0.274. The number of amides is 1. The summed E-state index contributed by atoms with van der Waals surface area (Å²) in [4.78, 5) is 50.5. The fourth-order valence-corrected chi connectivity index (χ4v) is 3.10. The number of hydrogen-bond donors (Lipinski definition) is 0. The van der Waals surface area contributed by atoms with E-state index in [1.165, 1.54) is 7.11 Å². The number of carbonyl (C=O) groups is 4. The minimum atomic E-state index is -1.82. The molecule has 0 bridgehead atoms. The van der Waals surface area contributed by atoms with Gasteiger partial charge in [0.15, 0.2) is 5.78 Å². The van der Waals surface area contributed by atoms with Crippen LogP contribution in [0.5, 0.6) is 0 Å². The Morgan fingerprint density at radius 2 is 1.87 bits per heavy atom. The van der Waals surface area contributed by atoms with Crippen LogP contribution in [0.3, 0.4) is 0 Å². The fourth-order valence-electron chi connectivity index (χ4n) is 3.10. The van der Waals surface area contributed by atoms with Crippen molar-refractivity contribution in [2.75, 3.05) is 20.8 Å². The molecule has 2 saturated heterocycles. The summed E-state index contributed by atoms with van der Waals surface area (Å²) in [5.74, 6) is -4.08. The average Bonchev–Trinajstić information content (AvgIpc) is 2.98. The molecule has 3 atom stereocenters. The van der Waals surface area contributed by atoms with Crippen molar-refractivity contribution < 1.29 is 33.4 Å². The van der Waals surface area contributed by atoms with Gasteiger partial charge in [0, 0.05) is 5.41 Å². The summed E-state index contributed by atoms with van der Waals surface area (Å²) < 4.78 is 14.9. The zero-order valence-electron chi connectivity index (χ0n) is 13.9. The molecule has 2 aliphatic rings. The Morgan fingerprint density at radius 1 is 1.26 bits per heavy atom. The largest absolute Gasteiger partial charge is 0.469 e. The van der Waals surface area contributed by atoms with E-state index in [0.717, 1.165) is 12.0 Å². The van der Waals surface area contributed by atoms with Gasteiger partial charge in [0.25, 0.3) is 0 Å². The molecule has 2 heterocycles. The number of ether oxygens (including phenoxy) is 3. The number of nitrogens with zero attached hydrogens (tertiary/aromatic N) is 1. The smallest absolute Gasteiger partial charge is 0.342 e. The molecule has 0 aromatic rings. The number of Topliss-reactive ketones (excluding diaryl/α,β-unsaturated/α-hetero) is 1. The third-order valence-electron chi connectivity index (χ3n) is 4.22. The van der Waals surface area contributed by atoms with E-state index in [9.17, 15) is 19.2 Å². The van der Waals surface area contributed by atoms with E-state index in [0.29, 0.717) is 0 Å². The lowest BCUT2D eigenvalue weighted by Gasteiger charge is -2.35. The number of carbonyl (C=O) groups excluding carboxylic acids is 4. The zero-order valence-corrected chi connectivity index (χ0v) is 13.9. The maximum absolute atomic E-state index is 12.8. The monoisotopic (exact) mass is 327 g/mol. The summed E-state index contributed by atoms with van der Waals surface area (Å²) in [5, 5.41) is 0. The van der Waals surface area contributed by atoms with Crippen LogP contribution in [0.1, 0.15) is 27.2 Å². The summed E-state index contributed by atoms with van der Waals surface area (Å²) in [7, 11) is 2.32. The highest BCUT2D eigenvalue weighted by Gasteiger charge is 2.70. The topological polar surface area (TPSA) is 99.2 Å². The van der Waals surface area contributed by atoms with Gasteiger partial charge < -0.3 is 14.2 Å². The summed E-state index contributed by atoms with van der Waals surface area (Å²) in [6.07, 6.45) is -1.17. The summed E-state index contributed by atoms with van der Waals surface area (Å²) in [6.45, 7) is 5.22. The Balaban J connectivity index is 2.49. The van der Waals surface area contributed by atoms with Crippen molar-refractivity contribution in [1.29, 1.82) is 0 Å². The van der Waals surface area contributed by atoms with Crippen molar-refractivity contribution in [3.05, 3.63) is 0 Å². The molecule has 0 aromatic heterocycles. The lowest BCUT2D eigenvalue weighted by Crippen LogP contribution is -2.57. The van der Waals surface area contributed by atoms with Gasteiger partial charge >= 0.3 is 11.9 Å². The molecule has 1 amide bonds. The maximum Gasteiger partial charge on any atom is 0.342 e. The van der Waals surface area contributed by atoms with Crippen LogP contribution in [0.4, 0.5) is 0 Å². The van der Waals surface area contributed by atoms with Crippen LogP contribution in [0.25, 0.3) is 0 Å². The first-order valence-corrected chi connectivity index (χ1v) is 7.25. The van der Waals surface area contributed by atoms with E-state index in [-0.39, 0.29) is 6.61 Å². The van der Waals surface area contributed by atoms with Crippen molar-refractivity contribution in [3.63, 3.8) is 0 Å². The van der Waals surface area contributed by atoms with Gasteiger partial charge in [-0.15, -0.1) is 0 Å². The van der Waals surface area contributed by atoms with Gasteiger partial charge in [0.1, 0.15) is 12.1 Å². The fraction of sp³-hybridized carbons (Fsp3) is 0.733. The van der Waals surface area contributed by atoms with Gasteiger partial charge in [-0.05, 0) is 0 Å². The number of hydrogen-bond acceptors (Lipinski definition) is 7. The first-order chi connectivity index (χ1) is 10.6. The average molecular weight is 327 g/mol. The summed E-state index contributed by atoms with van der Waals surface area (Å²) in [6, 6.07) is 0. The number of esters is 2. The van der Waals surface area contributed by atoms with Gasteiger partial charge in [-0.1, -0.05) is 20.8 Å². The molecule has 0 spiro atoms. The first-order valence-electron chi connectivity index (χ1n) is 7.25. The minimum Gasteiger partial charge on any atom is -0.469 e. The standard InChI is InChI=1S/C15H21NO7/c1-14(2,3)12-16-11(19)8(6-9(17)21-4)10(18)15(16,7-23-12)13(20)22-5/h8,12H,6-7H2,1-5H3/t8?,12-,15-/m1/s1. The second kappa shape index (κ2) is 5.59. The molecule has 8 heteroatoms. The van der Waals surface area contributed by atoms with Gasteiger partial charge in [-0.3, -0.25) is 19.3 Å². The Morgan fingerprint density at radius 3 is 2.35 bits per heavy atom. The molecule has 8 nitrogen and oxygen atoms in total. The molecule has 0 radical (unpaired) electrons. The van der Waals surface area contributed by atoms with E-state index in [1.54, 1.807) is 0 Å². The van der Waals surface area contributed by atoms with Crippen molar-refractivity contribution >= 4 is 23.6 Å². The summed E-state index contributed by atoms with van der Waals surface area (Å²) in [5.41, 5.74) is -2.34. The molecule has 2 fully saturated rings. The molecule has 0 N–H and O–H groups in total. The van der Waals surface area contributed by atoms with Crippen LogP contribution in [-0.2, 0) is 33.4 Å². The van der Waals surface area contributed by atoms with Crippen LogP contribution in [0, 0.1) is 11.3 Å². The van der Waals surface area contributed by atoms with E-state index < -0.39 is 53.1 Å². The quantitative estimate of drug-likeness (QED) is 0.527. The third-order valence-corrected chi connectivity index (χ3v) is 4.22. The molecular weight excluding hydrogens is 306 g/mol. The number of rotatable bonds is 3. The SMILES string of the molecule is COC(=O)CC1C(=O)N2[C@@H](C(C)(C)C)OC[C@]2(C(=O)OC)C1=O. The lowest BCUT2D eigenvalue weighted by molar-refractivity contribution is -0.160. The molecule has 128 valence electrons. The molecule has 0 aliphatic carbocycles. The molecule has 1 unspecified atom stereocenters. The lowest BCUT2D eigenvalue weighted by atomic mass is 9.89. The van der Waals surface area contributed by atoms with Crippen molar-refractivity contribution in [2.45, 2.75) is 39.0 Å². The molecule has 2 aliphatic heterocycles. The maximum atomic E-state index is 12.8. The second-order valence-electron chi connectivity index (χ2n) is 6.79. The molecular formula is C15H21NO7. The van der Waals surface area contributed by atoms with Crippen molar-refractivity contribution in [2.24, 2.45) is 11.3 Å². The highest BCUT2D eigenvalue weighted by atomic mass is 16.6. The van der Waals surface area contributed by atoms with E-state index >= 15 is 0 Å². The van der Waals surface area contributed by atoms with Gasteiger partial charge in [-0.2, -0.15) is 0 Å². The first kappa shape index (κ1) is 17.4. The van der Waals surface area contributed by atoms with Crippen LogP contribution in [0.15, 0.2) is 0 Å². The predicted molar refractivity (Wildman–Crippen MR) is 75.9 cm³/mol. The molecule has 2 rings (SSSR count). The summed E-state index contributed by atoms with van der Waals surface area (Å²) >= 11 is 0. The molecule has 23 heavy (non-hydrogen) atoms.